The van der Waals surface area contributed by atoms with Gasteiger partial charge < -0.3 is 15.3 Å². The van der Waals surface area contributed by atoms with Gasteiger partial charge in [0.2, 0.25) is 0 Å². The van der Waals surface area contributed by atoms with Crippen molar-refractivity contribution in [3.63, 3.8) is 0 Å². The lowest BCUT2D eigenvalue weighted by Gasteiger charge is -2.38. The number of benzene rings is 1. The fraction of sp³-hybridized carbons (Fsp3) is 0.550. The molecular formula is C20H28O4. The third-order valence-corrected chi connectivity index (χ3v) is 5.09. The minimum atomic E-state index is -1.06. The fourth-order valence-electron chi connectivity index (χ4n) is 3.93. The number of aliphatic hydroxyl groups is 1. The van der Waals surface area contributed by atoms with E-state index >= 15 is 0 Å². The molecule has 0 amide bonds. The molecule has 1 aromatic carbocycles. The minimum Gasteiger partial charge on any atom is -0.508 e. The molecule has 0 spiro atoms. The second-order valence-corrected chi connectivity index (χ2v) is 7.37. The molecule has 132 valence electrons. The monoisotopic (exact) mass is 332 g/mol. The van der Waals surface area contributed by atoms with Crippen LogP contribution in [0.4, 0.5) is 0 Å². The predicted octanol–water partition coefficient (Wildman–Crippen LogP) is 4.42. The highest BCUT2D eigenvalue weighted by atomic mass is 16.4. The molecule has 0 aliphatic heterocycles. The first kappa shape index (κ1) is 18.5. The van der Waals surface area contributed by atoms with E-state index in [1.165, 1.54) is 11.6 Å². The topological polar surface area (TPSA) is 77.8 Å². The molecule has 0 radical (unpaired) electrons. The van der Waals surface area contributed by atoms with E-state index in [0.717, 1.165) is 24.0 Å². The van der Waals surface area contributed by atoms with Crippen molar-refractivity contribution in [3.8, 4) is 5.75 Å². The Balaban J connectivity index is 2.41. The highest BCUT2D eigenvalue weighted by Gasteiger charge is 2.37. The Labute approximate surface area is 143 Å². The van der Waals surface area contributed by atoms with Crippen molar-refractivity contribution >= 4 is 5.97 Å². The van der Waals surface area contributed by atoms with Crippen LogP contribution in [0.5, 0.6) is 5.75 Å². The summed E-state index contributed by atoms with van der Waals surface area (Å²) < 4.78 is 0. The third-order valence-electron chi connectivity index (χ3n) is 5.09. The van der Waals surface area contributed by atoms with Gasteiger partial charge in [0.25, 0.3) is 0 Å². The number of hydrogen-bond donors (Lipinski definition) is 3. The molecular weight excluding hydrogens is 304 g/mol. The van der Waals surface area contributed by atoms with E-state index in [4.69, 9.17) is 0 Å². The Morgan fingerprint density at radius 2 is 2.04 bits per heavy atom. The number of allylic oxidation sites excluding steroid dienone is 2. The summed E-state index contributed by atoms with van der Waals surface area (Å²) in [5.74, 6) is -0.959. The van der Waals surface area contributed by atoms with Crippen LogP contribution in [-0.2, 0) is 0 Å². The molecule has 0 bridgehead atoms. The van der Waals surface area contributed by atoms with E-state index in [-0.39, 0.29) is 29.1 Å². The van der Waals surface area contributed by atoms with Gasteiger partial charge in [0.05, 0.1) is 11.7 Å². The van der Waals surface area contributed by atoms with Crippen LogP contribution in [0.25, 0.3) is 0 Å². The van der Waals surface area contributed by atoms with Crippen molar-refractivity contribution in [2.45, 2.75) is 64.9 Å². The van der Waals surface area contributed by atoms with Gasteiger partial charge >= 0.3 is 5.97 Å². The molecule has 0 heterocycles. The zero-order valence-electron chi connectivity index (χ0n) is 14.9. The standard InChI is InChI=1S/C20H28O4/c1-11(2)6-5-7-12(3)18-15-9-14(20(23)24)10-17(22)19(15)13(4)8-16(18)21/h6,9-10,12-13,16,18,21-22H,5,7-8H2,1-4H3,(H,23,24)/t12-,13+,16+,18-/m0/s1. The molecule has 2 rings (SSSR count). The quantitative estimate of drug-likeness (QED) is 0.697. The zero-order chi connectivity index (χ0) is 18.0. The number of phenols is 1. The first-order chi connectivity index (χ1) is 11.2. The molecule has 1 aromatic rings. The van der Waals surface area contributed by atoms with Gasteiger partial charge in [-0.3, -0.25) is 0 Å². The lowest BCUT2D eigenvalue weighted by Crippen LogP contribution is -2.31. The highest BCUT2D eigenvalue weighted by molar-refractivity contribution is 5.88. The van der Waals surface area contributed by atoms with Crippen molar-refractivity contribution < 1.29 is 20.1 Å². The molecule has 4 heteroatoms. The van der Waals surface area contributed by atoms with Crippen LogP contribution < -0.4 is 0 Å². The van der Waals surface area contributed by atoms with Crippen molar-refractivity contribution in [1.82, 2.24) is 0 Å². The summed E-state index contributed by atoms with van der Waals surface area (Å²) in [5.41, 5.74) is 2.94. The largest absolute Gasteiger partial charge is 0.508 e. The van der Waals surface area contributed by atoms with Crippen molar-refractivity contribution in [1.29, 1.82) is 0 Å². The Morgan fingerprint density at radius 3 is 2.62 bits per heavy atom. The van der Waals surface area contributed by atoms with E-state index in [9.17, 15) is 20.1 Å². The number of aromatic carboxylic acids is 1. The van der Waals surface area contributed by atoms with Gasteiger partial charge in [0.15, 0.2) is 0 Å². The van der Waals surface area contributed by atoms with Gasteiger partial charge in [-0.15, -0.1) is 0 Å². The van der Waals surface area contributed by atoms with E-state index < -0.39 is 12.1 Å². The second kappa shape index (κ2) is 7.39. The lowest BCUT2D eigenvalue weighted by molar-refractivity contribution is 0.0692. The molecule has 3 N–H and O–H groups in total. The Hall–Kier alpha value is -1.81. The molecule has 1 aliphatic rings. The molecule has 1 aliphatic carbocycles. The predicted molar refractivity (Wildman–Crippen MR) is 94.7 cm³/mol. The molecule has 24 heavy (non-hydrogen) atoms. The summed E-state index contributed by atoms with van der Waals surface area (Å²) in [5, 5.41) is 30.3. The van der Waals surface area contributed by atoms with Gasteiger partial charge in [0.1, 0.15) is 5.75 Å². The normalized spacial score (nSPS) is 24.1. The number of phenolic OH excluding ortho intramolecular Hbond substituents is 1. The van der Waals surface area contributed by atoms with E-state index in [1.54, 1.807) is 6.07 Å². The van der Waals surface area contributed by atoms with Gasteiger partial charge in [-0.25, -0.2) is 4.79 Å². The molecule has 0 unspecified atom stereocenters. The first-order valence-electron chi connectivity index (χ1n) is 8.63. The lowest BCUT2D eigenvalue weighted by atomic mass is 9.69. The summed E-state index contributed by atoms with van der Waals surface area (Å²) in [7, 11) is 0. The number of carboxylic acid groups (broad SMARTS) is 1. The van der Waals surface area contributed by atoms with Gasteiger partial charge in [-0.05, 0) is 62.6 Å². The van der Waals surface area contributed by atoms with Crippen molar-refractivity contribution in [3.05, 3.63) is 40.5 Å². The molecule has 4 atom stereocenters. The van der Waals surface area contributed by atoms with E-state index in [1.807, 2.05) is 6.92 Å². The number of fused-ring (bicyclic) bond motifs is 1. The third kappa shape index (κ3) is 3.81. The highest BCUT2D eigenvalue weighted by Crippen LogP contribution is 2.47. The first-order valence-corrected chi connectivity index (χ1v) is 8.63. The fourth-order valence-corrected chi connectivity index (χ4v) is 3.93. The van der Waals surface area contributed by atoms with Crippen LogP contribution in [0.3, 0.4) is 0 Å². The van der Waals surface area contributed by atoms with Crippen LogP contribution in [-0.4, -0.2) is 27.4 Å². The smallest absolute Gasteiger partial charge is 0.335 e. The molecule has 0 saturated carbocycles. The number of hydrogen-bond acceptors (Lipinski definition) is 3. The van der Waals surface area contributed by atoms with Crippen LogP contribution in [0.2, 0.25) is 0 Å². The Bertz CT molecular complexity index is 643. The second-order valence-electron chi connectivity index (χ2n) is 7.37. The number of carbonyl (C=O) groups is 1. The van der Waals surface area contributed by atoms with Crippen LogP contribution in [0.1, 0.15) is 80.3 Å². The summed E-state index contributed by atoms with van der Waals surface area (Å²) in [6.45, 7) is 8.19. The maximum Gasteiger partial charge on any atom is 0.335 e. The molecule has 4 nitrogen and oxygen atoms in total. The van der Waals surface area contributed by atoms with Gasteiger partial charge in [-0.1, -0.05) is 25.5 Å². The number of rotatable bonds is 5. The molecule has 0 saturated heterocycles. The average Bonchev–Trinajstić information content (AvgIpc) is 2.45. The van der Waals surface area contributed by atoms with Crippen LogP contribution >= 0.6 is 0 Å². The number of carboxylic acids is 1. The Kier molecular flexibility index (Phi) is 5.70. The van der Waals surface area contributed by atoms with E-state index in [2.05, 4.69) is 26.8 Å². The summed E-state index contributed by atoms with van der Waals surface area (Å²) in [4.78, 5) is 11.3. The zero-order valence-corrected chi connectivity index (χ0v) is 14.9. The minimum absolute atomic E-state index is 0.0130. The molecule has 0 fully saturated rings. The summed E-state index contributed by atoms with van der Waals surface area (Å²) in [6, 6.07) is 2.96. The Morgan fingerprint density at radius 1 is 1.38 bits per heavy atom. The van der Waals surface area contributed by atoms with Crippen LogP contribution in [0.15, 0.2) is 23.8 Å². The van der Waals surface area contributed by atoms with Crippen LogP contribution in [0, 0.1) is 5.92 Å². The summed E-state index contributed by atoms with van der Waals surface area (Å²) in [6.07, 6.45) is 4.10. The average molecular weight is 332 g/mol. The van der Waals surface area contributed by atoms with E-state index in [0.29, 0.717) is 6.42 Å². The van der Waals surface area contributed by atoms with Gasteiger partial charge in [0, 0.05) is 11.5 Å². The number of aliphatic hydroxyl groups excluding tert-OH is 1. The van der Waals surface area contributed by atoms with Gasteiger partial charge in [-0.2, -0.15) is 0 Å². The van der Waals surface area contributed by atoms with Crippen molar-refractivity contribution in [2.75, 3.05) is 0 Å². The van der Waals surface area contributed by atoms with Crippen molar-refractivity contribution in [2.24, 2.45) is 5.92 Å². The molecule has 0 aromatic heterocycles. The number of aromatic hydroxyl groups is 1. The maximum atomic E-state index is 11.3. The maximum absolute atomic E-state index is 11.3. The SMILES string of the molecule is CC(C)=CCC[C@H](C)[C@H]1c2cc(C(=O)O)cc(O)c2[C@H](C)C[C@H]1O. The summed E-state index contributed by atoms with van der Waals surface area (Å²) >= 11 is 0.